The predicted molar refractivity (Wildman–Crippen MR) is 76.0 cm³/mol. The van der Waals surface area contributed by atoms with Crippen molar-refractivity contribution in [3.63, 3.8) is 0 Å². The van der Waals surface area contributed by atoms with Crippen LogP contribution in [-0.4, -0.2) is 29.1 Å². The molecule has 0 aromatic carbocycles. The molecule has 104 valence electrons. The molecule has 1 aromatic heterocycles. The van der Waals surface area contributed by atoms with Gasteiger partial charge in [0, 0.05) is 13.1 Å². The van der Waals surface area contributed by atoms with E-state index in [1.807, 2.05) is 7.05 Å². The SMILES string of the molecule is CC1CCCCC1N(C)c1ccc(Cl)c(C(=O)O)n1. The summed E-state index contributed by atoms with van der Waals surface area (Å²) in [6, 6.07) is 3.82. The lowest BCUT2D eigenvalue weighted by Crippen LogP contribution is -2.39. The molecule has 19 heavy (non-hydrogen) atoms. The number of hydrogen-bond donors (Lipinski definition) is 1. The summed E-state index contributed by atoms with van der Waals surface area (Å²) in [6.45, 7) is 2.24. The van der Waals surface area contributed by atoms with Crippen molar-refractivity contribution in [2.24, 2.45) is 5.92 Å². The Morgan fingerprint density at radius 1 is 1.42 bits per heavy atom. The van der Waals surface area contributed by atoms with E-state index in [1.165, 1.54) is 19.3 Å². The second-order valence-corrected chi connectivity index (χ2v) is 5.65. The lowest BCUT2D eigenvalue weighted by molar-refractivity contribution is 0.0691. The first-order valence-electron chi connectivity index (χ1n) is 6.63. The van der Waals surface area contributed by atoms with Crippen LogP contribution in [0.2, 0.25) is 5.02 Å². The fourth-order valence-corrected chi connectivity index (χ4v) is 3.01. The van der Waals surface area contributed by atoms with E-state index < -0.39 is 5.97 Å². The van der Waals surface area contributed by atoms with Gasteiger partial charge in [0.25, 0.3) is 0 Å². The van der Waals surface area contributed by atoms with Crippen molar-refractivity contribution < 1.29 is 9.90 Å². The molecule has 5 heteroatoms. The first-order valence-corrected chi connectivity index (χ1v) is 7.01. The largest absolute Gasteiger partial charge is 0.476 e. The summed E-state index contributed by atoms with van der Waals surface area (Å²) in [7, 11) is 1.98. The molecule has 1 saturated carbocycles. The van der Waals surface area contributed by atoms with E-state index in [9.17, 15) is 4.79 Å². The number of aromatic nitrogens is 1. The topological polar surface area (TPSA) is 53.4 Å². The zero-order valence-corrected chi connectivity index (χ0v) is 12.0. The van der Waals surface area contributed by atoms with E-state index in [4.69, 9.17) is 16.7 Å². The minimum Gasteiger partial charge on any atom is -0.476 e. The summed E-state index contributed by atoms with van der Waals surface area (Å²) in [4.78, 5) is 17.3. The Kier molecular flexibility index (Phi) is 4.30. The molecule has 1 aromatic rings. The van der Waals surface area contributed by atoms with Crippen LogP contribution < -0.4 is 4.90 Å². The number of carboxylic acid groups (broad SMARTS) is 1. The minimum atomic E-state index is -1.09. The molecule has 0 spiro atoms. The van der Waals surface area contributed by atoms with Crippen molar-refractivity contribution in [1.82, 2.24) is 4.98 Å². The third-order valence-electron chi connectivity index (χ3n) is 3.96. The number of hydrogen-bond acceptors (Lipinski definition) is 3. The van der Waals surface area contributed by atoms with Gasteiger partial charge >= 0.3 is 5.97 Å². The summed E-state index contributed by atoms with van der Waals surface area (Å²) in [5.74, 6) is 0.196. The molecule has 1 heterocycles. The summed E-state index contributed by atoms with van der Waals surface area (Å²) in [5, 5.41) is 9.25. The van der Waals surface area contributed by atoms with Gasteiger partial charge in [0.2, 0.25) is 0 Å². The standard InChI is InChI=1S/C14H19ClN2O2/c1-9-5-3-4-6-11(9)17(2)12-8-7-10(15)13(16-12)14(18)19/h7-9,11H,3-6H2,1-2H3,(H,18,19). The monoisotopic (exact) mass is 282 g/mol. The molecule has 2 rings (SSSR count). The Hall–Kier alpha value is -1.29. The Bertz CT molecular complexity index is 479. The Morgan fingerprint density at radius 3 is 2.74 bits per heavy atom. The average Bonchev–Trinajstić information content (AvgIpc) is 2.38. The van der Waals surface area contributed by atoms with Gasteiger partial charge in [-0.3, -0.25) is 0 Å². The molecule has 0 saturated heterocycles. The molecule has 1 N–H and O–H groups in total. The van der Waals surface area contributed by atoms with Crippen molar-refractivity contribution in [3.8, 4) is 0 Å². The zero-order valence-electron chi connectivity index (χ0n) is 11.3. The van der Waals surface area contributed by atoms with E-state index in [-0.39, 0.29) is 10.7 Å². The third-order valence-corrected chi connectivity index (χ3v) is 4.26. The predicted octanol–water partition coefficient (Wildman–Crippen LogP) is 3.45. The maximum absolute atomic E-state index is 11.1. The van der Waals surface area contributed by atoms with Crippen molar-refractivity contribution in [3.05, 3.63) is 22.8 Å². The second kappa shape index (κ2) is 5.78. The van der Waals surface area contributed by atoms with Crippen molar-refractivity contribution in [2.45, 2.75) is 38.6 Å². The van der Waals surface area contributed by atoms with E-state index in [2.05, 4.69) is 16.8 Å². The normalized spacial score (nSPS) is 23.1. The highest BCUT2D eigenvalue weighted by atomic mass is 35.5. The van der Waals surface area contributed by atoms with Crippen molar-refractivity contribution in [1.29, 1.82) is 0 Å². The molecule has 4 nitrogen and oxygen atoms in total. The molecule has 1 fully saturated rings. The minimum absolute atomic E-state index is 0.0746. The molecule has 1 aliphatic rings. The van der Waals surface area contributed by atoms with Crippen molar-refractivity contribution >= 4 is 23.4 Å². The van der Waals surface area contributed by atoms with Crippen LogP contribution in [0.25, 0.3) is 0 Å². The number of nitrogens with zero attached hydrogens (tertiary/aromatic N) is 2. The molecule has 0 aliphatic heterocycles. The van der Waals surface area contributed by atoms with E-state index >= 15 is 0 Å². The molecule has 0 amide bonds. The lowest BCUT2D eigenvalue weighted by atomic mass is 9.85. The third kappa shape index (κ3) is 3.00. The van der Waals surface area contributed by atoms with Gasteiger partial charge in [0.05, 0.1) is 5.02 Å². The van der Waals surface area contributed by atoms with Gasteiger partial charge in [0.15, 0.2) is 5.69 Å². The van der Waals surface area contributed by atoms with Gasteiger partial charge in [-0.2, -0.15) is 0 Å². The van der Waals surface area contributed by atoms with Gasteiger partial charge < -0.3 is 10.0 Å². The first-order chi connectivity index (χ1) is 9.00. The highest BCUT2D eigenvalue weighted by Crippen LogP contribution is 2.30. The van der Waals surface area contributed by atoms with Gasteiger partial charge in [-0.25, -0.2) is 9.78 Å². The molecule has 0 radical (unpaired) electrons. The van der Waals surface area contributed by atoms with Crippen LogP contribution in [0.4, 0.5) is 5.82 Å². The summed E-state index contributed by atoms with van der Waals surface area (Å²) in [5.41, 5.74) is -0.0746. The fourth-order valence-electron chi connectivity index (χ4n) is 2.82. The molecule has 2 unspecified atom stereocenters. The second-order valence-electron chi connectivity index (χ2n) is 5.25. The maximum atomic E-state index is 11.1. The number of halogens is 1. The average molecular weight is 283 g/mol. The highest BCUT2D eigenvalue weighted by Gasteiger charge is 2.26. The van der Waals surface area contributed by atoms with E-state index in [0.29, 0.717) is 17.8 Å². The van der Waals surface area contributed by atoms with E-state index in [1.54, 1.807) is 12.1 Å². The van der Waals surface area contributed by atoms with Crippen LogP contribution >= 0.6 is 11.6 Å². The van der Waals surface area contributed by atoms with Gasteiger partial charge in [0.1, 0.15) is 5.82 Å². The number of aromatic carboxylic acids is 1. The van der Waals surface area contributed by atoms with Crippen molar-refractivity contribution in [2.75, 3.05) is 11.9 Å². The smallest absolute Gasteiger partial charge is 0.356 e. The Balaban J connectivity index is 2.25. The fraction of sp³-hybridized carbons (Fsp3) is 0.571. The molecular formula is C14H19ClN2O2. The van der Waals surface area contributed by atoms with Gasteiger partial charge in [-0.1, -0.05) is 31.4 Å². The summed E-state index contributed by atoms with van der Waals surface area (Å²) < 4.78 is 0. The van der Waals surface area contributed by atoms with E-state index in [0.717, 1.165) is 6.42 Å². The van der Waals surface area contributed by atoms with Crippen LogP contribution in [0.15, 0.2) is 12.1 Å². The number of anilines is 1. The summed E-state index contributed by atoms with van der Waals surface area (Å²) >= 11 is 5.85. The lowest BCUT2D eigenvalue weighted by Gasteiger charge is -2.37. The quantitative estimate of drug-likeness (QED) is 0.922. The highest BCUT2D eigenvalue weighted by molar-refractivity contribution is 6.33. The molecule has 1 aliphatic carbocycles. The zero-order chi connectivity index (χ0) is 14.0. The van der Waals surface area contributed by atoms with Crippen LogP contribution in [0.3, 0.4) is 0 Å². The van der Waals surface area contributed by atoms with Crippen LogP contribution in [0.5, 0.6) is 0 Å². The maximum Gasteiger partial charge on any atom is 0.356 e. The number of rotatable bonds is 3. The van der Waals surface area contributed by atoms with Crippen LogP contribution in [0, 0.1) is 5.92 Å². The Morgan fingerprint density at radius 2 is 2.11 bits per heavy atom. The number of pyridine rings is 1. The van der Waals surface area contributed by atoms with Gasteiger partial charge in [-0.15, -0.1) is 0 Å². The van der Waals surface area contributed by atoms with Crippen LogP contribution in [-0.2, 0) is 0 Å². The number of carboxylic acids is 1. The van der Waals surface area contributed by atoms with Gasteiger partial charge in [-0.05, 0) is 30.9 Å². The molecule has 2 atom stereocenters. The molecule has 0 bridgehead atoms. The first kappa shape index (κ1) is 14.1. The van der Waals surface area contributed by atoms with Crippen LogP contribution in [0.1, 0.15) is 43.1 Å². The molecular weight excluding hydrogens is 264 g/mol. The summed E-state index contributed by atoms with van der Waals surface area (Å²) in [6.07, 6.45) is 4.84. The number of carbonyl (C=O) groups is 1. The Labute approximate surface area is 118 Å².